The average molecular weight is 312 g/mol. The smallest absolute Gasteiger partial charge is 0.338 e. The van der Waals surface area contributed by atoms with E-state index < -0.39 is 0 Å². The van der Waals surface area contributed by atoms with Gasteiger partial charge in [0, 0.05) is 11.4 Å². The molecule has 2 aromatic carbocycles. The lowest BCUT2D eigenvalue weighted by Crippen LogP contribution is -2.19. The largest absolute Gasteiger partial charge is 0.462 e. The molecule has 2 amide bonds. The van der Waals surface area contributed by atoms with E-state index in [2.05, 4.69) is 10.6 Å². The number of carbonyl (C=O) groups is 2. The Morgan fingerprint density at radius 1 is 0.913 bits per heavy atom. The Labute approximate surface area is 135 Å². The van der Waals surface area contributed by atoms with Crippen molar-refractivity contribution in [2.75, 3.05) is 17.2 Å². The summed E-state index contributed by atoms with van der Waals surface area (Å²) in [6.07, 6.45) is 0. The molecule has 23 heavy (non-hydrogen) atoms. The van der Waals surface area contributed by atoms with Crippen LogP contribution in [0.1, 0.15) is 28.4 Å². The molecule has 0 aliphatic carbocycles. The van der Waals surface area contributed by atoms with Gasteiger partial charge >= 0.3 is 12.0 Å². The van der Waals surface area contributed by atoms with Gasteiger partial charge in [-0.05, 0) is 68.3 Å². The van der Waals surface area contributed by atoms with Crippen molar-refractivity contribution in [3.8, 4) is 0 Å². The van der Waals surface area contributed by atoms with Gasteiger partial charge in [-0.3, -0.25) is 0 Å². The number of urea groups is 1. The van der Waals surface area contributed by atoms with Gasteiger partial charge < -0.3 is 15.4 Å². The topological polar surface area (TPSA) is 67.4 Å². The van der Waals surface area contributed by atoms with Crippen LogP contribution in [0.4, 0.5) is 16.2 Å². The van der Waals surface area contributed by atoms with Crippen molar-refractivity contribution in [3.05, 3.63) is 59.2 Å². The van der Waals surface area contributed by atoms with Crippen LogP contribution < -0.4 is 10.6 Å². The number of aryl methyl sites for hydroxylation is 2. The monoisotopic (exact) mass is 312 g/mol. The lowest BCUT2D eigenvalue weighted by atomic mass is 10.1. The molecule has 0 heterocycles. The second-order valence-corrected chi connectivity index (χ2v) is 5.25. The zero-order valence-corrected chi connectivity index (χ0v) is 13.5. The molecule has 0 unspecified atom stereocenters. The molecule has 0 bridgehead atoms. The maximum absolute atomic E-state index is 12.0. The van der Waals surface area contributed by atoms with E-state index in [1.807, 2.05) is 32.0 Å². The van der Waals surface area contributed by atoms with Crippen LogP contribution >= 0.6 is 0 Å². The Balaban J connectivity index is 1.98. The van der Waals surface area contributed by atoms with Crippen molar-refractivity contribution in [3.63, 3.8) is 0 Å². The van der Waals surface area contributed by atoms with Gasteiger partial charge in [-0.25, -0.2) is 9.59 Å². The fraction of sp³-hybridized carbons (Fsp3) is 0.222. The molecular formula is C18H20N2O3. The van der Waals surface area contributed by atoms with Crippen molar-refractivity contribution < 1.29 is 14.3 Å². The second-order valence-electron chi connectivity index (χ2n) is 5.25. The van der Waals surface area contributed by atoms with Crippen molar-refractivity contribution in [1.29, 1.82) is 0 Å². The third kappa shape index (κ3) is 4.85. The Kier molecular flexibility index (Phi) is 5.36. The van der Waals surface area contributed by atoms with Gasteiger partial charge in [0.05, 0.1) is 12.2 Å². The van der Waals surface area contributed by atoms with Crippen molar-refractivity contribution in [2.45, 2.75) is 20.8 Å². The van der Waals surface area contributed by atoms with Gasteiger partial charge in [0.15, 0.2) is 0 Å². The van der Waals surface area contributed by atoms with Crippen molar-refractivity contribution in [1.82, 2.24) is 0 Å². The number of hydrogen-bond acceptors (Lipinski definition) is 3. The highest BCUT2D eigenvalue weighted by Gasteiger charge is 2.07. The summed E-state index contributed by atoms with van der Waals surface area (Å²) in [4.78, 5) is 23.6. The summed E-state index contributed by atoms with van der Waals surface area (Å²) in [5.74, 6) is -0.376. The van der Waals surface area contributed by atoms with Crippen LogP contribution in [0.25, 0.3) is 0 Å². The summed E-state index contributed by atoms with van der Waals surface area (Å²) in [7, 11) is 0. The number of benzene rings is 2. The molecule has 0 saturated carbocycles. The van der Waals surface area contributed by atoms with Crippen LogP contribution in [-0.4, -0.2) is 18.6 Å². The van der Waals surface area contributed by atoms with Crippen LogP contribution in [0.3, 0.4) is 0 Å². The molecule has 2 rings (SSSR count). The minimum absolute atomic E-state index is 0.331. The first-order valence-electron chi connectivity index (χ1n) is 7.41. The Bertz CT molecular complexity index is 688. The van der Waals surface area contributed by atoms with Gasteiger partial charge in [-0.15, -0.1) is 0 Å². The number of amides is 2. The van der Waals surface area contributed by atoms with E-state index >= 15 is 0 Å². The standard InChI is InChI=1S/C18H20N2O3/c1-4-23-17(21)14-5-7-15(8-6-14)19-18(22)20-16-10-12(2)9-13(3)11-16/h5-11H,4H2,1-3H3,(H2,19,20,22). The number of esters is 1. The summed E-state index contributed by atoms with van der Waals surface area (Å²) in [5, 5.41) is 5.51. The lowest BCUT2D eigenvalue weighted by Gasteiger charge is -2.09. The highest BCUT2D eigenvalue weighted by molar-refractivity contribution is 6.00. The van der Waals surface area contributed by atoms with Gasteiger partial charge in [0.25, 0.3) is 0 Å². The van der Waals surface area contributed by atoms with Crippen LogP contribution in [0.5, 0.6) is 0 Å². The fourth-order valence-electron chi connectivity index (χ4n) is 2.24. The molecule has 120 valence electrons. The normalized spacial score (nSPS) is 10.0. The number of carbonyl (C=O) groups excluding carboxylic acids is 2. The first kappa shape index (κ1) is 16.5. The molecule has 0 aromatic heterocycles. The zero-order chi connectivity index (χ0) is 16.8. The summed E-state index contributed by atoms with van der Waals surface area (Å²) < 4.78 is 4.91. The lowest BCUT2D eigenvalue weighted by molar-refractivity contribution is 0.0526. The SMILES string of the molecule is CCOC(=O)c1ccc(NC(=O)Nc2cc(C)cc(C)c2)cc1. The van der Waals surface area contributed by atoms with E-state index in [9.17, 15) is 9.59 Å². The summed E-state index contributed by atoms with van der Waals surface area (Å²) >= 11 is 0. The molecular weight excluding hydrogens is 292 g/mol. The maximum atomic E-state index is 12.0. The fourth-order valence-corrected chi connectivity index (χ4v) is 2.24. The van der Waals surface area contributed by atoms with E-state index in [1.165, 1.54) is 0 Å². The molecule has 0 atom stereocenters. The number of ether oxygens (including phenoxy) is 1. The van der Waals surface area contributed by atoms with Crippen LogP contribution in [0, 0.1) is 13.8 Å². The first-order valence-corrected chi connectivity index (χ1v) is 7.41. The summed E-state index contributed by atoms with van der Waals surface area (Å²) in [5.41, 5.74) is 3.95. The highest BCUT2D eigenvalue weighted by atomic mass is 16.5. The predicted octanol–water partition coefficient (Wildman–Crippen LogP) is 4.12. The quantitative estimate of drug-likeness (QED) is 0.834. The molecule has 5 nitrogen and oxygen atoms in total. The second kappa shape index (κ2) is 7.45. The van der Waals surface area contributed by atoms with Crippen molar-refractivity contribution in [2.24, 2.45) is 0 Å². The third-order valence-electron chi connectivity index (χ3n) is 3.13. The minimum Gasteiger partial charge on any atom is -0.462 e. The van der Waals surface area contributed by atoms with Crippen LogP contribution in [0.15, 0.2) is 42.5 Å². The molecule has 2 aromatic rings. The third-order valence-corrected chi connectivity index (χ3v) is 3.13. The van der Waals surface area contributed by atoms with E-state index in [4.69, 9.17) is 4.74 Å². The summed E-state index contributed by atoms with van der Waals surface area (Å²) in [6.45, 7) is 6.04. The Hall–Kier alpha value is -2.82. The van der Waals surface area contributed by atoms with Gasteiger partial charge in [0.1, 0.15) is 0 Å². The van der Waals surface area contributed by atoms with E-state index in [0.717, 1.165) is 16.8 Å². The maximum Gasteiger partial charge on any atom is 0.338 e. The highest BCUT2D eigenvalue weighted by Crippen LogP contribution is 2.15. The predicted molar refractivity (Wildman–Crippen MR) is 91.0 cm³/mol. The van der Waals surface area contributed by atoms with E-state index in [-0.39, 0.29) is 12.0 Å². The number of rotatable bonds is 4. The van der Waals surface area contributed by atoms with Crippen LogP contribution in [0.2, 0.25) is 0 Å². The average Bonchev–Trinajstić information content (AvgIpc) is 2.47. The first-order chi connectivity index (χ1) is 11.0. The number of anilines is 2. The van der Waals surface area contributed by atoms with Crippen LogP contribution in [-0.2, 0) is 4.74 Å². The zero-order valence-electron chi connectivity index (χ0n) is 13.5. The summed E-state index contributed by atoms with van der Waals surface area (Å²) in [6, 6.07) is 12.1. The Morgan fingerprint density at radius 2 is 1.48 bits per heavy atom. The molecule has 5 heteroatoms. The van der Waals surface area contributed by atoms with Gasteiger partial charge in [-0.1, -0.05) is 6.07 Å². The molecule has 2 N–H and O–H groups in total. The number of nitrogens with one attached hydrogen (secondary N) is 2. The van der Waals surface area contributed by atoms with E-state index in [1.54, 1.807) is 31.2 Å². The van der Waals surface area contributed by atoms with Gasteiger partial charge in [-0.2, -0.15) is 0 Å². The Morgan fingerprint density at radius 3 is 2.04 bits per heavy atom. The minimum atomic E-state index is -0.376. The molecule has 0 spiro atoms. The molecule has 0 aliphatic rings. The van der Waals surface area contributed by atoms with Crippen molar-refractivity contribution >= 4 is 23.4 Å². The van der Waals surface area contributed by atoms with E-state index in [0.29, 0.717) is 17.9 Å². The number of hydrogen-bond donors (Lipinski definition) is 2. The molecule has 0 aliphatic heterocycles. The molecule has 0 radical (unpaired) electrons. The van der Waals surface area contributed by atoms with Gasteiger partial charge in [0.2, 0.25) is 0 Å². The molecule has 0 saturated heterocycles. The molecule has 0 fully saturated rings.